The van der Waals surface area contributed by atoms with E-state index in [9.17, 15) is 26.0 Å². The Labute approximate surface area is 151 Å². The van der Waals surface area contributed by atoms with Gasteiger partial charge in [0.05, 0.1) is 16.1 Å². The second-order valence-corrected chi connectivity index (χ2v) is 7.26. The molecule has 2 rings (SSSR count). The molecule has 2 aromatic carbocycles. The second-order valence-electron chi connectivity index (χ2n) is 4.91. The summed E-state index contributed by atoms with van der Waals surface area (Å²) in [7, 11) is -4.27. The lowest BCUT2D eigenvalue weighted by molar-refractivity contribution is -0.137. The molecule has 0 atom stereocenters. The van der Waals surface area contributed by atoms with Gasteiger partial charge in [0, 0.05) is 11.2 Å². The summed E-state index contributed by atoms with van der Waals surface area (Å²) in [6, 6.07) is 8.13. The maximum Gasteiger partial charge on any atom is 0.418 e. The van der Waals surface area contributed by atoms with Crippen molar-refractivity contribution in [3.8, 4) is 6.07 Å². The summed E-state index contributed by atoms with van der Waals surface area (Å²) >= 11 is 5.67. The minimum Gasteiger partial charge on any atom is -0.359 e. The van der Waals surface area contributed by atoms with Crippen LogP contribution in [0.2, 0.25) is 5.02 Å². The van der Waals surface area contributed by atoms with Crippen molar-refractivity contribution in [2.24, 2.45) is 0 Å². The monoisotopic (exact) mass is 404 g/mol. The zero-order valence-corrected chi connectivity index (χ0v) is 14.3. The van der Waals surface area contributed by atoms with Crippen molar-refractivity contribution >= 4 is 27.1 Å². The highest BCUT2D eigenvalue weighted by Gasteiger charge is 2.34. The van der Waals surface area contributed by atoms with E-state index in [0.717, 1.165) is 24.3 Å². The number of allylic oxidation sites excluding steroid dienone is 1. The molecular weight excluding hydrogens is 396 g/mol. The highest BCUT2D eigenvalue weighted by atomic mass is 35.5. The fourth-order valence-electron chi connectivity index (χ4n) is 1.93. The van der Waals surface area contributed by atoms with Crippen LogP contribution >= 0.6 is 11.6 Å². The fourth-order valence-corrected chi connectivity index (χ4v) is 3.14. The molecule has 0 amide bonds. The van der Waals surface area contributed by atoms with E-state index in [-0.39, 0.29) is 16.0 Å². The number of nitrogens with zero attached hydrogens (tertiary/aromatic N) is 1. The quantitative estimate of drug-likeness (QED) is 0.589. The highest BCUT2D eigenvalue weighted by molar-refractivity contribution is 7.95. The molecule has 2 aromatic rings. The van der Waals surface area contributed by atoms with Crippen LogP contribution in [0.3, 0.4) is 0 Å². The average molecular weight is 405 g/mol. The van der Waals surface area contributed by atoms with Gasteiger partial charge in [-0.05, 0) is 42.5 Å². The Bertz CT molecular complexity index is 994. The first-order valence-corrected chi connectivity index (χ1v) is 8.66. The normalized spacial score (nSPS) is 12.5. The van der Waals surface area contributed by atoms with Crippen molar-refractivity contribution < 1.29 is 26.0 Å². The summed E-state index contributed by atoms with van der Waals surface area (Å²) in [6.45, 7) is 0. The van der Waals surface area contributed by atoms with Crippen molar-refractivity contribution in [2.75, 3.05) is 5.32 Å². The first kappa shape index (κ1) is 19.8. The lowest BCUT2D eigenvalue weighted by Crippen LogP contribution is -2.10. The lowest BCUT2D eigenvalue weighted by atomic mass is 10.1. The van der Waals surface area contributed by atoms with Crippen molar-refractivity contribution in [2.45, 2.75) is 11.1 Å². The van der Waals surface area contributed by atoms with Crippen LogP contribution in [0.4, 0.5) is 23.2 Å². The molecule has 136 valence electrons. The van der Waals surface area contributed by atoms with Crippen LogP contribution in [-0.2, 0) is 16.0 Å². The summed E-state index contributed by atoms with van der Waals surface area (Å²) in [5.74, 6) is -1.11. The van der Waals surface area contributed by atoms with Crippen LogP contribution in [0.15, 0.2) is 58.5 Å². The number of benzene rings is 2. The smallest absolute Gasteiger partial charge is 0.359 e. The van der Waals surface area contributed by atoms with Crippen molar-refractivity contribution in [3.63, 3.8) is 0 Å². The van der Waals surface area contributed by atoms with E-state index in [1.54, 1.807) is 0 Å². The van der Waals surface area contributed by atoms with Gasteiger partial charge in [0.15, 0.2) is 4.91 Å². The number of nitriles is 1. The maximum atomic E-state index is 13.1. The predicted molar refractivity (Wildman–Crippen MR) is 87.4 cm³/mol. The van der Waals surface area contributed by atoms with Crippen LogP contribution in [0, 0.1) is 17.1 Å². The summed E-state index contributed by atoms with van der Waals surface area (Å²) in [6.07, 6.45) is -4.26. The lowest BCUT2D eigenvalue weighted by Gasteiger charge is -2.13. The van der Waals surface area contributed by atoms with Crippen LogP contribution < -0.4 is 5.32 Å². The van der Waals surface area contributed by atoms with E-state index < -0.39 is 38.0 Å². The van der Waals surface area contributed by atoms with Gasteiger partial charge in [-0.2, -0.15) is 18.4 Å². The van der Waals surface area contributed by atoms with Crippen LogP contribution in [0.25, 0.3) is 0 Å². The third-order valence-corrected chi connectivity index (χ3v) is 5.10. The number of rotatable bonds is 4. The van der Waals surface area contributed by atoms with Crippen molar-refractivity contribution in [1.82, 2.24) is 0 Å². The van der Waals surface area contributed by atoms with Gasteiger partial charge in [0.1, 0.15) is 11.9 Å². The zero-order valence-electron chi connectivity index (χ0n) is 12.7. The maximum absolute atomic E-state index is 13.1. The van der Waals surface area contributed by atoms with E-state index in [2.05, 4.69) is 5.32 Å². The first-order chi connectivity index (χ1) is 12.1. The molecule has 0 aliphatic carbocycles. The number of anilines is 1. The molecule has 0 heterocycles. The standard InChI is InChI=1S/C16H9ClF4N2O2S/c17-10-1-4-12(5-2-10)26(24,25)13(8-22)9-23-15-6-3-11(18)7-14(15)16(19,20)21/h1-7,9,23H/b13-9-. The number of hydrogen-bond acceptors (Lipinski definition) is 4. The van der Waals surface area contributed by atoms with Crippen LogP contribution in [-0.4, -0.2) is 8.42 Å². The molecule has 0 spiro atoms. The molecule has 26 heavy (non-hydrogen) atoms. The Kier molecular flexibility index (Phi) is 5.59. The average Bonchev–Trinajstić information content (AvgIpc) is 2.56. The number of alkyl halides is 3. The largest absolute Gasteiger partial charge is 0.418 e. The SMILES string of the molecule is N#C/C(=C/Nc1ccc(F)cc1C(F)(F)F)S(=O)(=O)c1ccc(Cl)cc1. The molecule has 0 saturated heterocycles. The van der Waals surface area contributed by atoms with Crippen molar-refractivity contribution in [1.29, 1.82) is 5.26 Å². The van der Waals surface area contributed by atoms with Gasteiger partial charge in [0.2, 0.25) is 9.84 Å². The van der Waals surface area contributed by atoms with Crippen LogP contribution in [0.1, 0.15) is 5.56 Å². The molecular formula is C16H9ClF4N2O2S. The first-order valence-electron chi connectivity index (χ1n) is 6.80. The Hall–Kier alpha value is -2.57. The Morgan fingerprint density at radius 2 is 1.77 bits per heavy atom. The van der Waals surface area contributed by atoms with E-state index >= 15 is 0 Å². The van der Waals surface area contributed by atoms with Crippen molar-refractivity contribution in [3.05, 3.63) is 70.0 Å². The molecule has 0 saturated carbocycles. The Morgan fingerprint density at radius 3 is 2.31 bits per heavy atom. The van der Waals surface area contributed by atoms with Crippen LogP contribution in [0.5, 0.6) is 0 Å². The summed E-state index contributed by atoms with van der Waals surface area (Å²) in [5, 5.41) is 11.5. The van der Waals surface area contributed by atoms with Gasteiger partial charge >= 0.3 is 6.18 Å². The molecule has 1 N–H and O–H groups in total. The number of sulfone groups is 1. The summed E-state index contributed by atoms with van der Waals surface area (Å²) in [5.41, 5.74) is -1.94. The zero-order chi connectivity index (χ0) is 19.5. The highest BCUT2D eigenvalue weighted by Crippen LogP contribution is 2.35. The summed E-state index contributed by atoms with van der Waals surface area (Å²) < 4.78 is 76.7. The van der Waals surface area contributed by atoms with E-state index in [4.69, 9.17) is 16.9 Å². The third kappa shape index (κ3) is 4.33. The van der Waals surface area contributed by atoms with Gasteiger partial charge in [0.25, 0.3) is 0 Å². The van der Waals surface area contributed by atoms with Gasteiger partial charge in [-0.3, -0.25) is 0 Å². The second kappa shape index (κ2) is 7.35. The predicted octanol–water partition coefficient (Wildman–Crippen LogP) is 4.75. The molecule has 0 radical (unpaired) electrons. The third-order valence-electron chi connectivity index (χ3n) is 3.17. The molecule has 0 unspecified atom stereocenters. The molecule has 10 heteroatoms. The van der Waals surface area contributed by atoms with Gasteiger partial charge in [-0.15, -0.1) is 0 Å². The molecule has 0 fully saturated rings. The topological polar surface area (TPSA) is 70.0 Å². The summed E-state index contributed by atoms with van der Waals surface area (Å²) in [4.78, 5) is -1.08. The van der Waals surface area contributed by atoms with Gasteiger partial charge < -0.3 is 5.32 Å². The van der Waals surface area contributed by atoms with E-state index in [1.807, 2.05) is 0 Å². The molecule has 0 aromatic heterocycles. The Morgan fingerprint density at radius 1 is 1.15 bits per heavy atom. The molecule has 4 nitrogen and oxygen atoms in total. The fraction of sp³-hybridized carbons (Fsp3) is 0.0625. The number of halogens is 5. The van der Waals surface area contributed by atoms with E-state index in [0.29, 0.717) is 6.20 Å². The Balaban J connectivity index is 2.43. The van der Waals surface area contributed by atoms with Gasteiger partial charge in [-0.1, -0.05) is 11.6 Å². The minimum atomic E-state index is -4.87. The minimum absolute atomic E-state index is 0.258. The number of nitrogens with one attached hydrogen (secondary N) is 1. The molecule has 0 aliphatic heterocycles. The molecule has 0 bridgehead atoms. The van der Waals surface area contributed by atoms with Gasteiger partial charge in [-0.25, -0.2) is 12.8 Å². The number of hydrogen-bond donors (Lipinski definition) is 1. The van der Waals surface area contributed by atoms with E-state index in [1.165, 1.54) is 18.2 Å². The molecule has 0 aliphatic rings.